The van der Waals surface area contributed by atoms with Crippen LogP contribution in [0.1, 0.15) is 0 Å². The fourth-order valence-electron chi connectivity index (χ4n) is 0.748. The normalized spacial score (nSPS) is 9.77. The summed E-state index contributed by atoms with van der Waals surface area (Å²) in [6.45, 7) is 3.60. The van der Waals surface area contributed by atoms with Gasteiger partial charge in [0.25, 0.3) is 0 Å². The number of rotatable bonds is 3. The lowest BCUT2D eigenvalue weighted by Gasteiger charge is -2.06. The Morgan fingerprint density at radius 1 is 1.54 bits per heavy atom. The zero-order valence-electron chi connectivity index (χ0n) is 6.69. The second kappa shape index (κ2) is 4.49. The molecule has 0 aromatic heterocycles. The van der Waals surface area contributed by atoms with Crippen molar-refractivity contribution in [3.8, 4) is 5.75 Å². The molecule has 0 aliphatic rings. The molecule has 0 bridgehead atoms. The maximum atomic E-state index is 12.6. The van der Waals surface area contributed by atoms with E-state index in [1.54, 1.807) is 0 Å². The van der Waals surface area contributed by atoms with Crippen molar-refractivity contribution in [1.29, 1.82) is 0 Å². The average molecular weight is 221 g/mol. The van der Waals surface area contributed by atoms with Crippen LogP contribution in [0.3, 0.4) is 0 Å². The van der Waals surface area contributed by atoms with E-state index in [4.69, 9.17) is 27.9 Å². The highest BCUT2D eigenvalue weighted by molar-refractivity contribution is 6.32. The molecule has 4 heteroatoms. The smallest absolute Gasteiger partial charge is 0.138 e. The van der Waals surface area contributed by atoms with Crippen LogP contribution in [0.5, 0.6) is 5.75 Å². The van der Waals surface area contributed by atoms with Gasteiger partial charge in [0.1, 0.15) is 18.2 Å². The summed E-state index contributed by atoms with van der Waals surface area (Å²) in [5.41, 5.74) is 0. The van der Waals surface area contributed by atoms with Crippen LogP contribution in [0, 0.1) is 5.82 Å². The second-order valence-corrected chi connectivity index (χ2v) is 3.32. The molecule has 0 radical (unpaired) electrons. The monoisotopic (exact) mass is 220 g/mol. The second-order valence-electron chi connectivity index (χ2n) is 2.38. The summed E-state index contributed by atoms with van der Waals surface area (Å²) in [5, 5.41) is 0.582. The quantitative estimate of drug-likeness (QED) is 0.757. The molecular weight excluding hydrogens is 214 g/mol. The van der Waals surface area contributed by atoms with E-state index in [0.717, 1.165) is 0 Å². The largest absolute Gasteiger partial charge is 0.486 e. The molecule has 0 saturated heterocycles. The van der Waals surface area contributed by atoms with Gasteiger partial charge in [-0.05, 0) is 18.2 Å². The van der Waals surface area contributed by atoms with Crippen molar-refractivity contribution in [3.63, 3.8) is 0 Å². The SMILES string of the molecule is C=C(Cl)COc1ccc(F)cc1Cl. The minimum atomic E-state index is -0.401. The molecule has 0 unspecified atom stereocenters. The van der Waals surface area contributed by atoms with Crippen LogP contribution < -0.4 is 4.74 Å². The van der Waals surface area contributed by atoms with Crippen molar-refractivity contribution in [2.75, 3.05) is 6.61 Å². The number of hydrogen-bond acceptors (Lipinski definition) is 1. The van der Waals surface area contributed by atoms with Gasteiger partial charge >= 0.3 is 0 Å². The molecule has 0 fully saturated rings. The van der Waals surface area contributed by atoms with Gasteiger partial charge in [0.15, 0.2) is 0 Å². The topological polar surface area (TPSA) is 9.23 Å². The van der Waals surface area contributed by atoms with E-state index in [1.807, 2.05) is 0 Å². The molecule has 0 heterocycles. The Balaban J connectivity index is 2.72. The summed E-state index contributed by atoms with van der Waals surface area (Å²) >= 11 is 11.1. The van der Waals surface area contributed by atoms with E-state index in [2.05, 4.69) is 6.58 Å². The van der Waals surface area contributed by atoms with Crippen molar-refractivity contribution in [2.45, 2.75) is 0 Å². The Labute approximate surface area is 85.7 Å². The van der Waals surface area contributed by atoms with Crippen molar-refractivity contribution < 1.29 is 9.13 Å². The highest BCUT2D eigenvalue weighted by Crippen LogP contribution is 2.25. The van der Waals surface area contributed by atoms with Gasteiger partial charge in [0, 0.05) is 5.03 Å². The first-order valence-corrected chi connectivity index (χ1v) is 4.26. The molecule has 1 rings (SSSR count). The minimum Gasteiger partial charge on any atom is -0.486 e. The third-order valence-electron chi connectivity index (χ3n) is 1.28. The van der Waals surface area contributed by atoms with Gasteiger partial charge in [-0.3, -0.25) is 0 Å². The van der Waals surface area contributed by atoms with Crippen LogP contribution in [-0.4, -0.2) is 6.61 Å². The summed E-state index contributed by atoms with van der Waals surface area (Å²) in [7, 11) is 0. The van der Waals surface area contributed by atoms with E-state index in [0.29, 0.717) is 10.8 Å². The maximum Gasteiger partial charge on any atom is 0.138 e. The van der Waals surface area contributed by atoms with E-state index in [9.17, 15) is 4.39 Å². The molecule has 0 aliphatic carbocycles. The Bertz CT molecular complexity index is 325. The Morgan fingerprint density at radius 3 is 2.77 bits per heavy atom. The fraction of sp³-hybridized carbons (Fsp3) is 0.111. The Hall–Kier alpha value is -0.730. The molecule has 70 valence electrons. The zero-order chi connectivity index (χ0) is 9.84. The average Bonchev–Trinajstić information content (AvgIpc) is 2.02. The maximum absolute atomic E-state index is 12.6. The van der Waals surface area contributed by atoms with Crippen LogP contribution in [-0.2, 0) is 0 Å². The predicted octanol–water partition coefficient (Wildman–Crippen LogP) is 3.61. The summed E-state index contributed by atoms with van der Waals surface area (Å²) in [6, 6.07) is 3.88. The molecule has 13 heavy (non-hydrogen) atoms. The van der Waals surface area contributed by atoms with Crippen LogP contribution in [0.25, 0.3) is 0 Å². The third kappa shape index (κ3) is 3.25. The van der Waals surface area contributed by atoms with Crippen molar-refractivity contribution in [3.05, 3.63) is 40.7 Å². The van der Waals surface area contributed by atoms with Crippen molar-refractivity contribution >= 4 is 23.2 Å². The lowest BCUT2D eigenvalue weighted by atomic mass is 10.3. The first-order valence-electron chi connectivity index (χ1n) is 3.50. The molecule has 1 nitrogen and oxygen atoms in total. The number of ether oxygens (including phenoxy) is 1. The first-order chi connectivity index (χ1) is 6.09. The summed E-state index contributed by atoms with van der Waals surface area (Å²) in [4.78, 5) is 0. The number of benzene rings is 1. The highest BCUT2D eigenvalue weighted by atomic mass is 35.5. The molecule has 0 saturated carbocycles. The zero-order valence-corrected chi connectivity index (χ0v) is 8.20. The molecular formula is C9H7Cl2FO. The van der Waals surface area contributed by atoms with Gasteiger partial charge in [-0.15, -0.1) is 0 Å². The lowest BCUT2D eigenvalue weighted by Crippen LogP contribution is -1.96. The lowest BCUT2D eigenvalue weighted by molar-refractivity contribution is 0.359. The van der Waals surface area contributed by atoms with E-state index < -0.39 is 5.82 Å². The van der Waals surface area contributed by atoms with Crippen LogP contribution in [0.4, 0.5) is 4.39 Å². The third-order valence-corrected chi connectivity index (χ3v) is 1.68. The Kier molecular flexibility index (Phi) is 3.58. The van der Waals surface area contributed by atoms with Crippen molar-refractivity contribution in [2.24, 2.45) is 0 Å². The molecule has 0 atom stereocenters. The first kappa shape index (κ1) is 10.4. The molecule has 0 N–H and O–H groups in total. The Morgan fingerprint density at radius 2 is 2.23 bits per heavy atom. The minimum absolute atomic E-state index is 0.160. The van der Waals surface area contributed by atoms with Crippen LogP contribution in [0.15, 0.2) is 29.8 Å². The van der Waals surface area contributed by atoms with Gasteiger partial charge in [-0.25, -0.2) is 4.39 Å². The number of halogens is 3. The fourth-order valence-corrected chi connectivity index (χ4v) is 1.02. The van der Waals surface area contributed by atoms with Gasteiger partial charge in [0.2, 0.25) is 0 Å². The van der Waals surface area contributed by atoms with E-state index in [-0.39, 0.29) is 11.6 Å². The van der Waals surface area contributed by atoms with Gasteiger partial charge in [-0.1, -0.05) is 29.8 Å². The summed E-state index contributed by atoms with van der Waals surface area (Å²) < 4.78 is 17.7. The number of hydrogen-bond donors (Lipinski definition) is 0. The van der Waals surface area contributed by atoms with Crippen LogP contribution >= 0.6 is 23.2 Å². The molecule has 0 aliphatic heterocycles. The standard InChI is InChI=1S/C9H7Cl2FO/c1-6(10)5-13-9-3-2-7(12)4-8(9)11/h2-4H,1,5H2. The summed E-state index contributed by atoms with van der Waals surface area (Å²) in [5.74, 6) is -0.00748. The molecule has 0 amide bonds. The van der Waals surface area contributed by atoms with Gasteiger partial charge in [-0.2, -0.15) is 0 Å². The predicted molar refractivity (Wildman–Crippen MR) is 51.9 cm³/mol. The van der Waals surface area contributed by atoms with Crippen LogP contribution in [0.2, 0.25) is 5.02 Å². The van der Waals surface area contributed by atoms with E-state index in [1.165, 1.54) is 18.2 Å². The molecule has 0 spiro atoms. The van der Waals surface area contributed by atoms with Crippen molar-refractivity contribution in [1.82, 2.24) is 0 Å². The van der Waals surface area contributed by atoms with Gasteiger partial charge < -0.3 is 4.74 Å². The molecule has 1 aromatic rings. The summed E-state index contributed by atoms with van der Waals surface area (Å²) in [6.07, 6.45) is 0. The molecule has 1 aromatic carbocycles. The van der Waals surface area contributed by atoms with E-state index >= 15 is 0 Å². The van der Waals surface area contributed by atoms with Gasteiger partial charge in [0.05, 0.1) is 5.02 Å². The highest BCUT2D eigenvalue weighted by Gasteiger charge is 2.02.